The third kappa shape index (κ3) is 3.41. The van der Waals surface area contributed by atoms with Crippen molar-refractivity contribution in [3.05, 3.63) is 30.1 Å². The molecule has 2 heterocycles. The van der Waals surface area contributed by atoms with E-state index >= 15 is 0 Å². The first-order chi connectivity index (χ1) is 12.6. The Morgan fingerprint density at radius 2 is 1.73 bits per heavy atom. The molecule has 140 valence electrons. The second-order valence-corrected chi connectivity index (χ2v) is 7.72. The monoisotopic (exact) mass is 359 g/mol. The number of carbonyl (C=O) groups is 2. The van der Waals surface area contributed by atoms with Crippen LogP contribution >= 0.6 is 0 Å². The molecule has 2 aliphatic heterocycles. The van der Waals surface area contributed by atoms with E-state index in [4.69, 9.17) is 0 Å². The van der Waals surface area contributed by atoms with Crippen molar-refractivity contribution in [2.75, 3.05) is 31.1 Å². The van der Waals surface area contributed by atoms with Gasteiger partial charge in [-0.1, -0.05) is 12.8 Å². The van der Waals surface area contributed by atoms with Gasteiger partial charge in [0.1, 0.15) is 5.82 Å². The number of nitrogens with one attached hydrogen (secondary N) is 1. The smallest absolute Gasteiger partial charge is 0.226 e. The molecule has 3 atom stereocenters. The average molecular weight is 359 g/mol. The van der Waals surface area contributed by atoms with E-state index in [1.165, 1.54) is 12.1 Å². The Balaban J connectivity index is 1.39. The van der Waals surface area contributed by atoms with E-state index in [2.05, 4.69) is 10.2 Å². The number of hydrogen-bond acceptors (Lipinski definition) is 3. The van der Waals surface area contributed by atoms with Crippen LogP contribution in [0.3, 0.4) is 0 Å². The number of fused-ring (bicyclic) bond motifs is 1. The van der Waals surface area contributed by atoms with Gasteiger partial charge in [-0.25, -0.2) is 4.39 Å². The first-order valence-electron chi connectivity index (χ1n) is 9.70. The van der Waals surface area contributed by atoms with Crippen LogP contribution in [-0.2, 0) is 9.59 Å². The Kier molecular flexibility index (Phi) is 4.83. The van der Waals surface area contributed by atoms with Gasteiger partial charge in [-0.15, -0.1) is 0 Å². The van der Waals surface area contributed by atoms with Gasteiger partial charge in [0.05, 0.1) is 5.92 Å². The molecule has 6 heteroatoms. The summed E-state index contributed by atoms with van der Waals surface area (Å²) < 4.78 is 13.1. The van der Waals surface area contributed by atoms with Crippen LogP contribution < -0.4 is 10.2 Å². The Bertz CT molecular complexity index is 670. The van der Waals surface area contributed by atoms with Gasteiger partial charge in [0.15, 0.2) is 0 Å². The molecule has 26 heavy (non-hydrogen) atoms. The SMILES string of the molecule is O=C1CC(C(=O)N2CCN(c3ccc(F)cc3)CC2)C2CCCCC2N1. The number of rotatable bonds is 2. The van der Waals surface area contributed by atoms with Gasteiger partial charge < -0.3 is 15.1 Å². The van der Waals surface area contributed by atoms with Crippen LogP contribution in [0.1, 0.15) is 32.1 Å². The van der Waals surface area contributed by atoms with Crippen molar-refractivity contribution < 1.29 is 14.0 Å². The highest BCUT2D eigenvalue weighted by Gasteiger charge is 2.43. The van der Waals surface area contributed by atoms with Crippen LogP contribution in [0.5, 0.6) is 0 Å². The lowest BCUT2D eigenvalue weighted by molar-refractivity contribution is -0.145. The molecule has 1 aromatic carbocycles. The Labute approximate surface area is 153 Å². The standard InChI is InChI=1S/C20H26FN3O2/c21-14-5-7-15(8-6-14)23-9-11-24(12-10-23)20(26)17-13-19(25)22-18-4-2-1-3-16(17)18/h5-8,16-18H,1-4,9-13H2,(H,22,25). The minimum atomic E-state index is -0.236. The van der Waals surface area contributed by atoms with Crippen molar-refractivity contribution in [1.82, 2.24) is 10.2 Å². The van der Waals surface area contributed by atoms with Crippen LogP contribution in [0.15, 0.2) is 24.3 Å². The highest BCUT2D eigenvalue weighted by molar-refractivity contribution is 5.87. The zero-order valence-electron chi connectivity index (χ0n) is 15.0. The minimum absolute atomic E-state index is 0.0245. The normalized spacial score (nSPS) is 29.1. The van der Waals surface area contributed by atoms with E-state index in [0.29, 0.717) is 25.4 Å². The lowest BCUT2D eigenvalue weighted by Gasteiger charge is -2.44. The van der Waals surface area contributed by atoms with E-state index < -0.39 is 0 Å². The van der Waals surface area contributed by atoms with Gasteiger partial charge in [0.2, 0.25) is 11.8 Å². The van der Waals surface area contributed by atoms with Gasteiger partial charge in [-0.2, -0.15) is 0 Å². The minimum Gasteiger partial charge on any atom is -0.368 e. The Hall–Kier alpha value is -2.11. The van der Waals surface area contributed by atoms with Gasteiger partial charge in [-0.05, 0) is 43.0 Å². The Morgan fingerprint density at radius 1 is 1.04 bits per heavy atom. The molecular weight excluding hydrogens is 333 g/mol. The van der Waals surface area contributed by atoms with E-state index in [-0.39, 0.29) is 29.6 Å². The highest BCUT2D eigenvalue weighted by atomic mass is 19.1. The Morgan fingerprint density at radius 3 is 2.46 bits per heavy atom. The number of amides is 2. The zero-order valence-corrected chi connectivity index (χ0v) is 15.0. The van der Waals surface area contributed by atoms with Crippen molar-refractivity contribution >= 4 is 17.5 Å². The van der Waals surface area contributed by atoms with Crippen LogP contribution in [0.25, 0.3) is 0 Å². The molecule has 3 unspecified atom stereocenters. The molecule has 0 aromatic heterocycles. The fourth-order valence-corrected chi connectivity index (χ4v) is 4.78. The summed E-state index contributed by atoms with van der Waals surface area (Å²) in [5.74, 6) is 0.0719. The predicted molar refractivity (Wildman–Crippen MR) is 97.2 cm³/mol. The van der Waals surface area contributed by atoms with Gasteiger partial charge >= 0.3 is 0 Å². The summed E-state index contributed by atoms with van der Waals surface area (Å²) in [6.45, 7) is 2.80. The largest absolute Gasteiger partial charge is 0.368 e. The quantitative estimate of drug-likeness (QED) is 0.881. The summed E-state index contributed by atoms with van der Waals surface area (Å²) in [7, 11) is 0. The molecule has 2 saturated heterocycles. The van der Waals surface area contributed by atoms with Crippen LogP contribution in [0.4, 0.5) is 10.1 Å². The van der Waals surface area contributed by atoms with Crippen LogP contribution in [0, 0.1) is 17.7 Å². The number of hydrogen-bond donors (Lipinski definition) is 1. The summed E-state index contributed by atoms with van der Waals surface area (Å²) in [4.78, 5) is 29.3. The second-order valence-electron chi connectivity index (χ2n) is 7.72. The molecule has 3 fully saturated rings. The fraction of sp³-hybridized carbons (Fsp3) is 0.600. The molecule has 0 bridgehead atoms. The second kappa shape index (κ2) is 7.25. The summed E-state index contributed by atoms with van der Waals surface area (Å²) in [6.07, 6.45) is 4.66. The molecule has 1 N–H and O–H groups in total. The number of nitrogens with zero attached hydrogens (tertiary/aromatic N) is 2. The van der Waals surface area contributed by atoms with Crippen molar-refractivity contribution in [3.63, 3.8) is 0 Å². The summed E-state index contributed by atoms with van der Waals surface area (Å²) in [6, 6.07) is 6.68. The highest BCUT2D eigenvalue weighted by Crippen LogP contribution is 2.36. The van der Waals surface area contributed by atoms with Crippen LogP contribution in [0.2, 0.25) is 0 Å². The topological polar surface area (TPSA) is 52.7 Å². The molecule has 1 aliphatic carbocycles. The molecule has 0 radical (unpaired) electrons. The number of halogens is 1. The predicted octanol–water partition coefficient (Wildman–Crippen LogP) is 2.17. The van der Waals surface area contributed by atoms with E-state index in [1.54, 1.807) is 12.1 Å². The van der Waals surface area contributed by atoms with Crippen molar-refractivity contribution in [2.45, 2.75) is 38.1 Å². The molecule has 0 spiro atoms. The van der Waals surface area contributed by atoms with Gasteiger partial charge in [-0.3, -0.25) is 9.59 Å². The van der Waals surface area contributed by atoms with E-state index in [9.17, 15) is 14.0 Å². The number of carbonyl (C=O) groups excluding carboxylic acids is 2. The van der Waals surface area contributed by atoms with Crippen molar-refractivity contribution in [1.29, 1.82) is 0 Å². The lowest BCUT2D eigenvalue weighted by atomic mass is 9.72. The van der Waals surface area contributed by atoms with Crippen molar-refractivity contribution in [2.24, 2.45) is 11.8 Å². The van der Waals surface area contributed by atoms with Gasteiger partial charge in [0, 0.05) is 44.3 Å². The number of piperazine rings is 1. The zero-order chi connectivity index (χ0) is 18.1. The third-order valence-electron chi connectivity index (χ3n) is 6.19. The molecule has 1 aromatic rings. The molecule has 5 nitrogen and oxygen atoms in total. The summed E-state index contributed by atoms with van der Waals surface area (Å²) in [5.41, 5.74) is 0.989. The van der Waals surface area contributed by atoms with Crippen LogP contribution in [-0.4, -0.2) is 48.9 Å². The number of piperidine rings is 1. The maximum atomic E-state index is 13.1. The maximum Gasteiger partial charge on any atom is 0.226 e. The lowest BCUT2D eigenvalue weighted by Crippen LogP contribution is -2.57. The van der Waals surface area contributed by atoms with E-state index in [0.717, 1.165) is 44.5 Å². The molecular formula is C20H26FN3O2. The third-order valence-corrected chi connectivity index (χ3v) is 6.19. The average Bonchev–Trinajstić information content (AvgIpc) is 2.67. The summed E-state index contributed by atoms with van der Waals surface area (Å²) in [5, 5.41) is 3.09. The molecule has 4 rings (SSSR count). The van der Waals surface area contributed by atoms with Crippen molar-refractivity contribution in [3.8, 4) is 0 Å². The number of anilines is 1. The van der Waals surface area contributed by atoms with Gasteiger partial charge in [0.25, 0.3) is 0 Å². The maximum absolute atomic E-state index is 13.1. The first-order valence-corrected chi connectivity index (χ1v) is 9.70. The fourth-order valence-electron chi connectivity index (χ4n) is 4.78. The first kappa shape index (κ1) is 17.3. The molecule has 2 amide bonds. The number of benzene rings is 1. The molecule has 1 saturated carbocycles. The summed E-state index contributed by atoms with van der Waals surface area (Å²) >= 11 is 0. The molecule has 3 aliphatic rings. The van der Waals surface area contributed by atoms with E-state index in [1.807, 2.05) is 4.90 Å².